The second-order valence-corrected chi connectivity index (χ2v) is 7.13. The van der Waals surface area contributed by atoms with Gasteiger partial charge in [0.05, 0.1) is 16.5 Å². The zero-order chi connectivity index (χ0) is 18.8. The predicted octanol–water partition coefficient (Wildman–Crippen LogP) is 2.33. The summed E-state index contributed by atoms with van der Waals surface area (Å²) in [4.78, 5) is 45.6. The van der Waals surface area contributed by atoms with Gasteiger partial charge in [0.2, 0.25) is 0 Å². The zero-order valence-corrected chi connectivity index (χ0v) is 15.2. The first kappa shape index (κ1) is 18.0. The highest BCUT2D eigenvalue weighted by Crippen LogP contribution is 2.36. The Morgan fingerprint density at radius 3 is 2.77 bits per heavy atom. The highest BCUT2D eigenvalue weighted by atomic mass is 32.1. The van der Waals surface area contributed by atoms with Crippen LogP contribution in [0.4, 0.5) is 15.7 Å². The van der Waals surface area contributed by atoms with Crippen molar-refractivity contribution in [3.8, 4) is 0 Å². The highest BCUT2D eigenvalue weighted by Gasteiger charge is 2.40. The van der Waals surface area contributed by atoms with E-state index in [1.54, 1.807) is 12.1 Å². The van der Waals surface area contributed by atoms with E-state index in [1.807, 2.05) is 13.8 Å². The fourth-order valence-electron chi connectivity index (χ4n) is 3.05. The third-order valence-corrected chi connectivity index (χ3v) is 5.23. The van der Waals surface area contributed by atoms with Crippen LogP contribution in [0.3, 0.4) is 0 Å². The van der Waals surface area contributed by atoms with Gasteiger partial charge in [-0.25, -0.2) is 14.8 Å². The Bertz CT molecular complexity index is 862. The van der Waals surface area contributed by atoms with Crippen LogP contribution in [0, 0.1) is 11.8 Å². The lowest BCUT2D eigenvalue weighted by molar-refractivity contribution is 0.0747. The first-order valence-corrected chi connectivity index (χ1v) is 9.06. The summed E-state index contributed by atoms with van der Waals surface area (Å²) in [6.45, 7) is 4.54. The Hall–Kier alpha value is -2.81. The molecule has 2 heterocycles. The number of nitrogens with zero attached hydrogens (tertiary/aromatic N) is 2. The Balaban J connectivity index is 1.86. The quantitative estimate of drug-likeness (QED) is 0.545. The number of carbonyl (C=O) groups is 3. The van der Waals surface area contributed by atoms with Crippen LogP contribution < -0.4 is 16.4 Å². The number of thiazole rings is 1. The van der Waals surface area contributed by atoms with E-state index in [-0.39, 0.29) is 22.6 Å². The molecule has 2 amide bonds. The largest absolute Gasteiger partial charge is 0.370 e. The van der Waals surface area contributed by atoms with Crippen LogP contribution >= 0.6 is 11.3 Å². The van der Waals surface area contributed by atoms with E-state index in [4.69, 9.17) is 5.73 Å². The van der Waals surface area contributed by atoms with Crippen LogP contribution in [0.1, 0.15) is 39.6 Å². The smallest absolute Gasteiger partial charge is 0.318 e. The molecule has 0 radical (unpaired) electrons. The molecule has 0 fully saturated rings. The number of aromatic nitrogens is 2. The SMILES string of the molecule is CCNc1ccc(C(=O)C2C(=O)c3sc(NC(N)=O)nc3CC2C)cn1. The van der Waals surface area contributed by atoms with Gasteiger partial charge < -0.3 is 11.1 Å². The molecule has 136 valence electrons. The number of fused-ring (bicyclic) bond motifs is 1. The summed E-state index contributed by atoms with van der Waals surface area (Å²) in [5.74, 6) is -0.814. The van der Waals surface area contributed by atoms with Crippen molar-refractivity contribution in [2.24, 2.45) is 17.6 Å². The van der Waals surface area contributed by atoms with Crippen molar-refractivity contribution in [3.05, 3.63) is 34.5 Å². The number of nitrogens with two attached hydrogens (primary N) is 1. The molecule has 0 spiro atoms. The van der Waals surface area contributed by atoms with Crippen LogP contribution in [0.25, 0.3) is 0 Å². The van der Waals surface area contributed by atoms with Crippen molar-refractivity contribution in [2.75, 3.05) is 17.2 Å². The number of primary amides is 1. The number of nitrogens with one attached hydrogen (secondary N) is 2. The van der Waals surface area contributed by atoms with E-state index >= 15 is 0 Å². The summed E-state index contributed by atoms with van der Waals surface area (Å²) in [5.41, 5.74) is 6.10. The van der Waals surface area contributed by atoms with E-state index in [0.29, 0.717) is 28.4 Å². The molecule has 1 aliphatic rings. The number of ketones is 2. The molecule has 2 aromatic heterocycles. The average Bonchev–Trinajstić information content (AvgIpc) is 2.97. The topological polar surface area (TPSA) is 127 Å². The van der Waals surface area contributed by atoms with Gasteiger partial charge >= 0.3 is 6.03 Å². The number of carbonyl (C=O) groups excluding carboxylic acids is 3. The molecule has 4 N–H and O–H groups in total. The van der Waals surface area contributed by atoms with Gasteiger partial charge in [0.15, 0.2) is 16.7 Å². The normalized spacial score (nSPS) is 18.9. The molecule has 0 saturated heterocycles. The first-order chi connectivity index (χ1) is 12.4. The second kappa shape index (κ2) is 7.20. The van der Waals surface area contributed by atoms with Crippen molar-refractivity contribution in [3.63, 3.8) is 0 Å². The van der Waals surface area contributed by atoms with Crippen LogP contribution in [-0.2, 0) is 6.42 Å². The molecule has 9 heteroatoms. The van der Waals surface area contributed by atoms with Crippen molar-refractivity contribution in [1.82, 2.24) is 9.97 Å². The van der Waals surface area contributed by atoms with Gasteiger partial charge in [0.1, 0.15) is 5.82 Å². The van der Waals surface area contributed by atoms with Gasteiger partial charge in [-0.15, -0.1) is 0 Å². The minimum Gasteiger partial charge on any atom is -0.370 e. The molecule has 2 unspecified atom stereocenters. The van der Waals surface area contributed by atoms with Gasteiger partial charge in [-0.1, -0.05) is 18.3 Å². The van der Waals surface area contributed by atoms with Gasteiger partial charge in [-0.2, -0.15) is 0 Å². The highest BCUT2D eigenvalue weighted by molar-refractivity contribution is 7.17. The maximum absolute atomic E-state index is 12.9. The molecule has 3 rings (SSSR count). The summed E-state index contributed by atoms with van der Waals surface area (Å²) in [5, 5.41) is 5.72. The van der Waals surface area contributed by atoms with Crippen molar-refractivity contribution < 1.29 is 14.4 Å². The van der Waals surface area contributed by atoms with E-state index < -0.39 is 11.9 Å². The number of urea groups is 1. The zero-order valence-electron chi connectivity index (χ0n) is 14.4. The Labute approximate surface area is 154 Å². The van der Waals surface area contributed by atoms with E-state index in [0.717, 1.165) is 17.9 Å². The molecular formula is C17H19N5O3S. The summed E-state index contributed by atoms with van der Waals surface area (Å²) in [7, 11) is 0. The summed E-state index contributed by atoms with van der Waals surface area (Å²) in [6.07, 6.45) is 1.97. The molecule has 0 bridgehead atoms. The fourth-order valence-corrected chi connectivity index (χ4v) is 4.02. The number of hydrogen-bond donors (Lipinski definition) is 3. The third-order valence-electron chi connectivity index (χ3n) is 4.21. The van der Waals surface area contributed by atoms with Crippen molar-refractivity contribution in [2.45, 2.75) is 20.3 Å². The van der Waals surface area contributed by atoms with E-state index in [1.165, 1.54) is 6.20 Å². The fraction of sp³-hybridized carbons (Fsp3) is 0.353. The Kier molecular flexibility index (Phi) is 4.99. The molecule has 0 saturated carbocycles. The van der Waals surface area contributed by atoms with E-state index in [2.05, 4.69) is 20.6 Å². The molecule has 2 atom stereocenters. The molecular weight excluding hydrogens is 354 g/mol. The van der Waals surface area contributed by atoms with Gasteiger partial charge in [-0.3, -0.25) is 14.9 Å². The first-order valence-electron chi connectivity index (χ1n) is 8.25. The lowest BCUT2D eigenvalue weighted by atomic mass is 9.77. The molecule has 26 heavy (non-hydrogen) atoms. The standard InChI is InChI=1S/C17H19N5O3S/c1-3-19-11-5-4-9(7-20-11)13(23)12-8(2)6-10-15(14(12)24)26-17(21-10)22-16(18)25/h4-5,7-8,12H,3,6H2,1-2H3,(H,19,20)(H3,18,21,22,25). The Morgan fingerprint density at radius 2 is 2.15 bits per heavy atom. The van der Waals surface area contributed by atoms with Crippen LogP contribution in [0.15, 0.2) is 18.3 Å². The number of rotatable bonds is 5. The number of pyridine rings is 1. The minimum absolute atomic E-state index is 0.195. The minimum atomic E-state index is -0.781. The Morgan fingerprint density at radius 1 is 1.38 bits per heavy atom. The van der Waals surface area contributed by atoms with Crippen LogP contribution in [0.5, 0.6) is 0 Å². The summed E-state index contributed by atoms with van der Waals surface area (Å²) >= 11 is 1.05. The summed E-state index contributed by atoms with van der Waals surface area (Å²) < 4.78 is 0. The lowest BCUT2D eigenvalue weighted by Gasteiger charge is -2.25. The molecule has 0 aliphatic heterocycles. The second-order valence-electron chi connectivity index (χ2n) is 6.13. The van der Waals surface area contributed by atoms with Gasteiger partial charge in [0.25, 0.3) is 0 Å². The van der Waals surface area contributed by atoms with Crippen molar-refractivity contribution in [1.29, 1.82) is 0 Å². The third kappa shape index (κ3) is 3.43. The molecule has 2 aromatic rings. The van der Waals surface area contributed by atoms with Crippen LogP contribution in [0.2, 0.25) is 0 Å². The maximum atomic E-state index is 12.9. The monoisotopic (exact) mass is 373 g/mol. The number of anilines is 2. The van der Waals surface area contributed by atoms with Crippen molar-refractivity contribution >= 4 is 39.9 Å². The predicted molar refractivity (Wildman–Crippen MR) is 98.7 cm³/mol. The van der Waals surface area contributed by atoms with Gasteiger partial charge in [-0.05, 0) is 31.4 Å². The van der Waals surface area contributed by atoms with Crippen LogP contribution in [-0.4, -0.2) is 34.1 Å². The number of hydrogen-bond acceptors (Lipinski definition) is 7. The van der Waals surface area contributed by atoms with E-state index in [9.17, 15) is 14.4 Å². The summed E-state index contributed by atoms with van der Waals surface area (Å²) in [6, 6.07) is 2.66. The number of Topliss-reactive ketones (excluding diaryl/α,β-unsaturated/α-hetero) is 2. The lowest BCUT2D eigenvalue weighted by Crippen LogP contribution is -2.35. The average molecular weight is 373 g/mol. The molecule has 0 aromatic carbocycles. The maximum Gasteiger partial charge on any atom is 0.318 e. The molecule has 1 aliphatic carbocycles. The molecule has 8 nitrogen and oxygen atoms in total. The van der Waals surface area contributed by atoms with Gasteiger partial charge in [0, 0.05) is 18.3 Å². The number of amides is 2.